The van der Waals surface area contributed by atoms with Crippen molar-refractivity contribution in [3.05, 3.63) is 58.7 Å². The molecule has 0 bridgehead atoms. The lowest BCUT2D eigenvalue weighted by molar-refractivity contribution is 0.103. The minimum atomic E-state index is 0.217. The van der Waals surface area contributed by atoms with Gasteiger partial charge in [0.1, 0.15) is 17.7 Å². The zero-order valence-electron chi connectivity index (χ0n) is 15.4. The highest BCUT2D eigenvalue weighted by Crippen LogP contribution is 2.28. The summed E-state index contributed by atoms with van der Waals surface area (Å²) in [6.45, 7) is 3.85. The molecule has 7 heteroatoms. The van der Waals surface area contributed by atoms with Crippen LogP contribution < -0.4 is 10.1 Å². The molecule has 28 heavy (non-hydrogen) atoms. The van der Waals surface area contributed by atoms with Crippen molar-refractivity contribution < 1.29 is 4.74 Å². The minimum Gasteiger partial charge on any atom is -0.490 e. The van der Waals surface area contributed by atoms with Gasteiger partial charge in [0.2, 0.25) is 0 Å². The van der Waals surface area contributed by atoms with Crippen LogP contribution in [0.2, 0.25) is 10.0 Å². The molecule has 5 nitrogen and oxygen atoms in total. The Kier molecular flexibility index (Phi) is 6.15. The highest BCUT2D eigenvalue weighted by Gasteiger charge is 2.20. The van der Waals surface area contributed by atoms with E-state index in [-0.39, 0.29) is 6.10 Å². The smallest absolute Gasteiger partial charge is 0.161 e. The average Bonchev–Trinajstić information content (AvgIpc) is 2.72. The summed E-state index contributed by atoms with van der Waals surface area (Å²) < 4.78 is 6.05. The van der Waals surface area contributed by atoms with Crippen molar-refractivity contribution in [1.29, 1.82) is 0 Å². The largest absolute Gasteiger partial charge is 0.490 e. The summed E-state index contributed by atoms with van der Waals surface area (Å²) in [4.78, 5) is 11.3. The number of piperidine rings is 1. The van der Waals surface area contributed by atoms with Gasteiger partial charge in [-0.05, 0) is 49.2 Å². The van der Waals surface area contributed by atoms with Crippen molar-refractivity contribution in [3.8, 4) is 5.75 Å². The summed E-state index contributed by atoms with van der Waals surface area (Å²) >= 11 is 12.0. The Morgan fingerprint density at radius 1 is 1.07 bits per heavy atom. The number of benzene rings is 1. The summed E-state index contributed by atoms with van der Waals surface area (Å²) in [7, 11) is 0. The maximum Gasteiger partial charge on any atom is 0.161 e. The molecule has 146 valence electrons. The second-order valence-corrected chi connectivity index (χ2v) is 7.72. The van der Waals surface area contributed by atoms with E-state index in [4.69, 9.17) is 27.9 Å². The van der Waals surface area contributed by atoms with E-state index >= 15 is 0 Å². The zero-order valence-corrected chi connectivity index (χ0v) is 17.0. The van der Waals surface area contributed by atoms with Crippen LogP contribution >= 0.6 is 23.2 Å². The van der Waals surface area contributed by atoms with Crippen LogP contribution in [-0.2, 0) is 0 Å². The first kappa shape index (κ1) is 19.2. The molecule has 4 rings (SSSR count). The van der Waals surface area contributed by atoms with Gasteiger partial charge in [-0.1, -0.05) is 23.2 Å². The van der Waals surface area contributed by atoms with E-state index in [1.165, 1.54) is 0 Å². The van der Waals surface area contributed by atoms with Crippen LogP contribution in [0.3, 0.4) is 0 Å². The number of halogens is 2. The molecule has 0 unspecified atom stereocenters. The van der Waals surface area contributed by atoms with Gasteiger partial charge in [-0.2, -0.15) is 0 Å². The molecule has 0 saturated carbocycles. The number of nitrogens with one attached hydrogen (secondary N) is 1. The number of fused-ring (bicyclic) bond motifs is 1. The van der Waals surface area contributed by atoms with Gasteiger partial charge >= 0.3 is 0 Å². The van der Waals surface area contributed by atoms with Gasteiger partial charge in [0.25, 0.3) is 0 Å². The van der Waals surface area contributed by atoms with Crippen molar-refractivity contribution in [2.75, 3.05) is 31.5 Å². The van der Waals surface area contributed by atoms with Crippen molar-refractivity contribution >= 4 is 40.1 Å². The fourth-order valence-corrected chi connectivity index (χ4v) is 3.67. The lowest BCUT2D eigenvalue weighted by Crippen LogP contribution is -2.40. The Bertz CT molecular complexity index is 945. The Balaban J connectivity index is 1.21. The monoisotopic (exact) mass is 416 g/mol. The molecule has 1 aromatic carbocycles. The van der Waals surface area contributed by atoms with E-state index in [0.29, 0.717) is 10.0 Å². The Labute approximate surface area is 174 Å². The lowest BCUT2D eigenvalue weighted by Gasteiger charge is -2.32. The van der Waals surface area contributed by atoms with Crippen LogP contribution in [0.4, 0.5) is 5.82 Å². The van der Waals surface area contributed by atoms with Gasteiger partial charge in [0.05, 0.1) is 10.0 Å². The lowest BCUT2D eigenvalue weighted by atomic mass is 10.1. The second kappa shape index (κ2) is 8.95. The van der Waals surface area contributed by atoms with Gasteiger partial charge < -0.3 is 15.0 Å². The quantitative estimate of drug-likeness (QED) is 0.619. The number of anilines is 1. The number of hydrogen-bond acceptors (Lipinski definition) is 5. The first-order valence-corrected chi connectivity index (χ1v) is 10.2. The number of ether oxygens (including phenoxy) is 1. The predicted molar refractivity (Wildman–Crippen MR) is 115 cm³/mol. The molecule has 1 fully saturated rings. The fraction of sp³-hybridized carbons (Fsp3) is 0.333. The summed E-state index contributed by atoms with van der Waals surface area (Å²) in [6.07, 6.45) is 3.98. The van der Waals surface area contributed by atoms with E-state index in [1.807, 2.05) is 30.3 Å². The standard InChI is InChI=1S/C21H22Cl2N4O/c22-18-5-4-17(14-19(18)23)28-16-7-11-27(12-8-16)13-10-24-20-6-3-15-2-1-9-25-21(15)26-20/h1-6,9,14,16H,7-8,10-13H2,(H,24,25,26). The third-order valence-electron chi connectivity index (χ3n) is 4.93. The summed E-state index contributed by atoms with van der Waals surface area (Å²) in [5.74, 6) is 1.65. The molecule has 3 heterocycles. The van der Waals surface area contributed by atoms with E-state index in [2.05, 4.69) is 20.2 Å². The third-order valence-corrected chi connectivity index (χ3v) is 5.67. The van der Waals surface area contributed by atoms with E-state index in [0.717, 1.165) is 61.6 Å². The molecule has 1 saturated heterocycles. The maximum absolute atomic E-state index is 6.06. The van der Waals surface area contributed by atoms with E-state index < -0.39 is 0 Å². The van der Waals surface area contributed by atoms with E-state index in [1.54, 1.807) is 18.3 Å². The van der Waals surface area contributed by atoms with Crippen LogP contribution in [0.1, 0.15) is 12.8 Å². The predicted octanol–water partition coefficient (Wildman–Crippen LogP) is 4.89. The van der Waals surface area contributed by atoms with Crippen molar-refractivity contribution in [2.45, 2.75) is 18.9 Å². The number of pyridine rings is 2. The third kappa shape index (κ3) is 4.85. The molecular formula is C21H22Cl2N4O. The van der Waals surface area contributed by atoms with Gasteiger partial charge in [0, 0.05) is 43.8 Å². The van der Waals surface area contributed by atoms with Crippen molar-refractivity contribution in [3.63, 3.8) is 0 Å². The number of aromatic nitrogens is 2. The SMILES string of the molecule is Clc1ccc(OC2CCN(CCNc3ccc4cccnc4n3)CC2)cc1Cl. The highest BCUT2D eigenvalue weighted by molar-refractivity contribution is 6.42. The number of nitrogens with zero attached hydrogens (tertiary/aromatic N) is 3. The van der Waals surface area contributed by atoms with Crippen LogP contribution in [0.5, 0.6) is 5.75 Å². The molecule has 0 atom stereocenters. The average molecular weight is 417 g/mol. The summed E-state index contributed by atoms with van der Waals surface area (Å²) in [6, 6.07) is 13.4. The van der Waals surface area contributed by atoms with Gasteiger partial charge in [0.15, 0.2) is 5.65 Å². The molecule has 0 radical (unpaired) electrons. The number of hydrogen-bond donors (Lipinski definition) is 1. The Morgan fingerprint density at radius 3 is 2.75 bits per heavy atom. The zero-order chi connectivity index (χ0) is 19.3. The van der Waals surface area contributed by atoms with Gasteiger partial charge in [-0.3, -0.25) is 0 Å². The van der Waals surface area contributed by atoms with Gasteiger partial charge in [-0.25, -0.2) is 9.97 Å². The topological polar surface area (TPSA) is 50.3 Å². The molecular weight excluding hydrogens is 395 g/mol. The normalized spacial score (nSPS) is 15.6. The summed E-state index contributed by atoms with van der Waals surface area (Å²) in [5, 5.41) is 5.53. The Hall–Kier alpha value is -2.08. The maximum atomic E-state index is 6.06. The molecule has 1 N–H and O–H groups in total. The first-order chi connectivity index (χ1) is 13.7. The van der Waals surface area contributed by atoms with Crippen LogP contribution in [0.15, 0.2) is 48.7 Å². The molecule has 2 aromatic heterocycles. The Morgan fingerprint density at radius 2 is 1.93 bits per heavy atom. The van der Waals surface area contributed by atoms with Crippen LogP contribution in [0, 0.1) is 0 Å². The van der Waals surface area contributed by atoms with Crippen molar-refractivity contribution in [2.24, 2.45) is 0 Å². The minimum absolute atomic E-state index is 0.217. The summed E-state index contributed by atoms with van der Waals surface area (Å²) in [5.41, 5.74) is 0.771. The first-order valence-electron chi connectivity index (χ1n) is 9.47. The van der Waals surface area contributed by atoms with Crippen LogP contribution in [0.25, 0.3) is 11.0 Å². The molecule has 1 aliphatic heterocycles. The van der Waals surface area contributed by atoms with E-state index in [9.17, 15) is 0 Å². The molecule has 3 aromatic rings. The molecule has 0 spiro atoms. The highest BCUT2D eigenvalue weighted by atomic mass is 35.5. The fourth-order valence-electron chi connectivity index (χ4n) is 3.39. The number of rotatable bonds is 6. The van der Waals surface area contributed by atoms with Gasteiger partial charge in [-0.15, -0.1) is 0 Å². The molecule has 0 amide bonds. The number of likely N-dealkylation sites (tertiary alicyclic amines) is 1. The second-order valence-electron chi connectivity index (χ2n) is 6.91. The van der Waals surface area contributed by atoms with Crippen molar-refractivity contribution in [1.82, 2.24) is 14.9 Å². The molecule has 0 aliphatic carbocycles. The van der Waals surface area contributed by atoms with Crippen LogP contribution in [-0.4, -0.2) is 47.2 Å². The molecule has 1 aliphatic rings.